The molecule has 0 saturated carbocycles. The number of hydrogen-bond donors (Lipinski definition) is 0. The van der Waals surface area contributed by atoms with E-state index >= 15 is 0 Å². The molecule has 1 heterocycles. The van der Waals surface area contributed by atoms with Crippen LogP contribution in [0, 0.1) is 0 Å². The first-order chi connectivity index (χ1) is 13.8. The molecule has 0 aromatic heterocycles. The predicted octanol–water partition coefficient (Wildman–Crippen LogP) is 6.07. The normalized spacial score (nSPS) is 18.1. The third kappa shape index (κ3) is 2.71. The number of carbonyl (C=O) groups excluding carboxylic acids is 1. The van der Waals surface area contributed by atoms with Gasteiger partial charge in [0.1, 0.15) is 0 Å². The molecule has 4 aromatic carbocycles. The first-order valence-corrected chi connectivity index (χ1v) is 10.1. The Morgan fingerprint density at radius 2 is 1.25 bits per heavy atom. The average Bonchev–Trinajstić information content (AvgIpc) is 3.13. The molecule has 0 unspecified atom stereocenters. The van der Waals surface area contributed by atoms with Crippen LogP contribution >= 0.6 is 11.8 Å². The van der Waals surface area contributed by atoms with Crippen molar-refractivity contribution in [1.29, 1.82) is 0 Å². The number of benzene rings is 4. The van der Waals surface area contributed by atoms with E-state index in [4.69, 9.17) is 4.74 Å². The fourth-order valence-corrected chi connectivity index (χ4v) is 5.22. The second kappa shape index (κ2) is 6.84. The number of fused-ring (bicyclic) bond motifs is 1. The van der Waals surface area contributed by atoms with Crippen LogP contribution in [0.25, 0.3) is 10.8 Å². The maximum Gasteiger partial charge on any atom is 0.333 e. The van der Waals surface area contributed by atoms with Gasteiger partial charge in [-0.05, 0) is 28.0 Å². The Bertz CT molecular complexity index is 1100. The number of rotatable bonds is 3. The van der Waals surface area contributed by atoms with Crippen molar-refractivity contribution in [3.8, 4) is 0 Å². The molecule has 3 heteroatoms. The quantitative estimate of drug-likeness (QED) is 0.402. The van der Waals surface area contributed by atoms with E-state index in [9.17, 15) is 4.79 Å². The molecule has 0 N–H and O–H groups in total. The van der Waals surface area contributed by atoms with Gasteiger partial charge >= 0.3 is 5.97 Å². The molecule has 0 spiro atoms. The monoisotopic (exact) mass is 382 g/mol. The first kappa shape index (κ1) is 17.1. The zero-order chi connectivity index (χ0) is 19.0. The van der Waals surface area contributed by atoms with E-state index in [1.165, 1.54) is 5.39 Å². The fraction of sp³-hybridized carbons (Fsp3) is 0.0800. The summed E-state index contributed by atoms with van der Waals surface area (Å²) in [6, 6.07) is 34.3. The molecule has 5 rings (SSSR count). The number of hydrogen-bond acceptors (Lipinski definition) is 3. The van der Waals surface area contributed by atoms with Gasteiger partial charge < -0.3 is 4.74 Å². The van der Waals surface area contributed by atoms with E-state index in [0.717, 1.165) is 22.1 Å². The Morgan fingerprint density at radius 3 is 1.89 bits per heavy atom. The summed E-state index contributed by atoms with van der Waals surface area (Å²) in [4.78, 5) is 13.3. The van der Waals surface area contributed by atoms with Gasteiger partial charge in [0.2, 0.25) is 0 Å². The standard InChI is InChI=1S/C25H18O2S/c26-24-25(21-11-3-1-4-12-21,22-13-5-2-6-14-22)28-23(27-24)20-16-15-18-9-7-8-10-19(18)17-20/h1-17,23H/t23-/m0/s1. The molecule has 1 saturated heterocycles. The molecule has 0 amide bonds. The maximum atomic E-state index is 13.3. The lowest BCUT2D eigenvalue weighted by molar-refractivity contribution is -0.144. The Hall–Kier alpha value is -3.04. The van der Waals surface area contributed by atoms with Crippen LogP contribution in [0.3, 0.4) is 0 Å². The highest BCUT2D eigenvalue weighted by atomic mass is 32.2. The fourth-order valence-electron chi connectivity index (χ4n) is 3.79. The van der Waals surface area contributed by atoms with Crippen LogP contribution in [0.5, 0.6) is 0 Å². The van der Waals surface area contributed by atoms with Gasteiger partial charge in [-0.2, -0.15) is 0 Å². The van der Waals surface area contributed by atoms with Crippen LogP contribution < -0.4 is 0 Å². The summed E-state index contributed by atoms with van der Waals surface area (Å²) >= 11 is 1.56. The molecule has 0 aliphatic carbocycles. The molecule has 1 aliphatic heterocycles. The SMILES string of the molecule is O=C1O[C@H](c2ccc3ccccc3c2)SC1(c1ccccc1)c1ccccc1. The molecule has 1 fully saturated rings. The minimum Gasteiger partial charge on any atom is -0.445 e. The van der Waals surface area contributed by atoms with Crippen LogP contribution in [0.4, 0.5) is 0 Å². The molecule has 2 nitrogen and oxygen atoms in total. The second-order valence-electron chi connectivity index (χ2n) is 6.87. The molecule has 0 radical (unpaired) electrons. The molecular formula is C25H18O2S. The van der Waals surface area contributed by atoms with Gasteiger partial charge in [0.25, 0.3) is 0 Å². The van der Waals surface area contributed by atoms with E-state index < -0.39 is 4.75 Å². The zero-order valence-corrected chi connectivity index (χ0v) is 15.9. The van der Waals surface area contributed by atoms with Crippen molar-refractivity contribution in [2.24, 2.45) is 0 Å². The first-order valence-electron chi connectivity index (χ1n) is 9.26. The summed E-state index contributed by atoms with van der Waals surface area (Å²) in [5, 5.41) is 2.33. The third-order valence-electron chi connectivity index (χ3n) is 5.19. The number of carbonyl (C=O) groups is 1. The smallest absolute Gasteiger partial charge is 0.333 e. The highest BCUT2D eigenvalue weighted by Crippen LogP contribution is 2.56. The Labute approximate surface area is 168 Å². The number of esters is 1. The van der Waals surface area contributed by atoms with Crippen LogP contribution in [0.15, 0.2) is 103 Å². The summed E-state index contributed by atoms with van der Waals surface area (Å²) in [6.07, 6.45) is 0. The molecule has 0 bridgehead atoms. The zero-order valence-electron chi connectivity index (χ0n) is 15.1. The van der Waals surface area contributed by atoms with E-state index in [1.54, 1.807) is 11.8 Å². The van der Waals surface area contributed by atoms with Crippen molar-refractivity contribution < 1.29 is 9.53 Å². The topological polar surface area (TPSA) is 26.3 Å². The highest BCUT2D eigenvalue weighted by Gasteiger charge is 2.53. The van der Waals surface area contributed by atoms with Gasteiger partial charge in [-0.3, -0.25) is 0 Å². The van der Waals surface area contributed by atoms with Gasteiger partial charge in [-0.15, -0.1) is 0 Å². The summed E-state index contributed by atoms with van der Waals surface area (Å²) in [5.74, 6) is -0.215. The summed E-state index contributed by atoms with van der Waals surface area (Å²) in [6.45, 7) is 0. The van der Waals surface area contributed by atoms with Crippen molar-refractivity contribution in [2.75, 3.05) is 0 Å². The summed E-state index contributed by atoms with van der Waals surface area (Å²) < 4.78 is 5.08. The molecule has 1 atom stereocenters. The van der Waals surface area contributed by atoms with Crippen molar-refractivity contribution >= 4 is 28.5 Å². The number of thioether (sulfide) groups is 1. The van der Waals surface area contributed by atoms with Gasteiger partial charge in [0.05, 0.1) is 0 Å². The molecule has 4 aromatic rings. The lowest BCUT2D eigenvalue weighted by atomic mass is 9.90. The maximum absolute atomic E-state index is 13.3. The third-order valence-corrected chi connectivity index (χ3v) is 6.77. The second-order valence-corrected chi connectivity index (χ2v) is 8.15. The summed E-state index contributed by atoms with van der Waals surface area (Å²) in [7, 11) is 0. The molecule has 1 aliphatic rings. The van der Waals surface area contributed by atoms with Crippen LogP contribution in [0.1, 0.15) is 22.1 Å². The Balaban J connectivity index is 1.62. The van der Waals surface area contributed by atoms with Crippen molar-refractivity contribution in [3.05, 3.63) is 120 Å². The van der Waals surface area contributed by atoms with Crippen LogP contribution in [-0.2, 0) is 14.3 Å². The van der Waals surface area contributed by atoms with E-state index in [-0.39, 0.29) is 11.4 Å². The highest BCUT2D eigenvalue weighted by molar-refractivity contribution is 8.01. The van der Waals surface area contributed by atoms with E-state index in [1.807, 2.05) is 72.8 Å². The minimum atomic E-state index is -0.862. The van der Waals surface area contributed by atoms with Crippen molar-refractivity contribution in [2.45, 2.75) is 10.2 Å². The van der Waals surface area contributed by atoms with Gasteiger partial charge in [0, 0.05) is 5.56 Å². The average molecular weight is 382 g/mol. The van der Waals surface area contributed by atoms with E-state index in [2.05, 4.69) is 30.3 Å². The van der Waals surface area contributed by atoms with Gasteiger partial charge in [-0.25, -0.2) is 4.79 Å². The number of ether oxygens (including phenoxy) is 1. The summed E-state index contributed by atoms with van der Waals surface area (Å²) in [5.41, 5.74) is 2.54. The van der Waals surface area contributed by atoms with Crippen LogP contribution in [-0.4, -0.2) is 5.97 Å². The Morgan fingerprint density at radius 1 is 0.679 bits per heavy atom. The molecule has 136 valence electrons. The van der Waals surface area contributed by atoms with Crippen molar-refractivity contribution in [1.82, 2.24) is 0 Å². The van der Waals surface area contributed by atoms with Gasteiger partial charge in [0.15, 0.2) is 10.2 Å². The van der Waals surface area contributed by atoms with E-state index in [0.29, 0.717) is 0 Å². The lowest BCUT2D eigenvalue weighted by Crippen LogP contribution is -2.30. The molecular weight excluding hydrogens is 364 g/mol. The lowest BCUT2D eigenvalue weighted by Gasteiger charge is -2.25. The Kier molecular flexibility index (Phi) is 4.18. The number of cyclic esters (lactones) is 1. The van der Waals surface area contributed by atoms with Crippen LogP contribution in [0.2, 0.25) is 0 Å². The predicted molar refractivity (Wildman–Crippen MR) is 114 cm³/mol. The molecule has 28 heavy (non-hydrogen) atoms. The largest absolute Gasteiger partial charge is 0.445 e. The minimum absolute atomic E-state index is 0.215. The van der Waals surface area contributed by atoms with Gasteiger partial charge in [-0.1, -0.05) is 109 Å². The van der Waals surface area contributed by atoms with Crippen molar-refractivity contribution in [3.63, 3.8) is 0 Å².